The first-order chi connectivity index (χ1) is 18.0. The van der Waals surface area contributed by atoms with E-state index in [1.54, 1.807) is 46.7 Å². The highest BCUT2D eigenvalue weighted by Gasteiger charge is 2.16. The van der Waals surface area contributed by atoms with E-state index in [-0.39, 0.29) is 6.61 Å². The van der Waals surface area contributed by atoms with Crippen molar-refractivity contribution in [3.63, 3.8) is 0 Å². The summed E-state index contributed by atoms with van der Waals surface area (Å²) in [4.78, 5) is 16.0. The van der Waals surface area contributed by atoms with Gasteiger partial charge in [0.15, 0.2) is 5.82 Å². The summed E-state index contributed by atoms with van der Waals surface area (Å²) in [5, 5.41) is 13.4. The van der Waals surface area contributed by atoms with E-state index in [9.17, 15) is 5.11 Å². The van der Waals surface area contributed by atoms with Crippen LogP contribution in [0.5, 0.6) is 11.6 Å². The van der Waals surface area contributed by atoms with Crippen molar-refractivity contribution in [2.24, 2.45) is 0 Å². The van der Waals surface area contributed by atoms with Gasteiger partial charge in [0.1, 0.15) is 24.3 Å². The average molecular weight is 532 g/mol. The molecule has 11 heteroatoms. The second kappa shape index (κ2) is 14.7. The molecule has 0 fully saturated rings. The number of aliphatic hydroxyl groups excluding tert-OH is 1. The van der Waals surface area contributed by atoms with Gasteiger partial charge in [0.05, 0.1) is 26.0 Å². The van der Waals surface area contributed by atoms with E-state index in [0.717, 1.165) is 5.56 Å². The summed E-state index contributed by atoms with van der Waals surface area (Å²) in [6, 6.07) is 10.9. The number of aliphatic hydroxyl groups is 1. The van der Waals surface area contributed by atoms with E-state index < -0.39 is 6.10 Å². The Morgan fingerprint density at radius 1 is 1.00 bits per heavy atom. The van der Waals surface area contributed by atoms with Gasteiger partial charge in [-0.15, -0.1) is 0 Å². The van der Waals surface area contributed by atoms with E-state index in [4.69, 9.17) is 40.5 Å². The molecule has 3 aromatic rings. The summed E-state index contributed by atoms with van der Waals surface area (Å²) in [6.07, 6.45) is 1.01. The van der Waals surface area contributed by atoms with E-state index in [0.29, 0.717) is 72.4 Å². The molecular weight excluding hydrogens is 498 g/mol. The predicted octanol–water partition coefficient (Wildman–Crippen LogP) is 2.93. The average Bonchev–Trinajstić information content (AvgIpc) is 2.91. The van der Waals surface area contributed by atoms with Gasteiger partial charge in [-0.3, -0.25) is 0 Å². The third-order valence-corrected chi connectivity index (χ3v) is 5.64. The first kappa shape index (κ1) is 28.5. The molecule has 37 heavy (non-hydrogen) atoms. The largest absolute Gasteiger partial charge is 0.491 e. The van der Waals surface area contributed by atoms with Crippen LogP contribution in [-0.4, -0.2) is 94.0 Å². The number of pyridine rings is 1. The topological polar surface area (TPSA) is 111 Å². The van der Waals surface area contributed by atoms with Crippen LogP contribution in [0.2, 0.25) is 5.02 Å². The normalized spacial score (nSPS) is 11.8. The minimum absolute atomic E-state index is 0.116. The maximum Gasteiger partial charge on any atom is 0.213 e. The molecule has 0 amide bonds. The number of benzene rings is 1. The molecule has 0 saturated carbocycles. The zero-order chi connectivity index (χ0) is 26.6. The van der Waals surface area contributed by atoms with Crippen LogP contribution in [0.3, 0.4) is 0 Å². The van der Waals surface area contributed by atoms with Crippen LogP contribution in [0.15, 0.2) is 42.6 Å². The maximum atomic E-state index is 10.0. The lowest BCUT2D eigenvalue weighted by atomic mass is 10.1. The predicted molar refractivity (Wildman–Crippen MR) is 144 cm³/mol. The summed E-state index contributed by atoms with van der Waals surface area (Å²) in [5.41, 5.74) is 2.18. The Labute approximate surface area is 222 Å². The van der Waals surface area contributed by atoms with Crippen LogP contribution < -0.4 is 19.7 Å². The van der Waals surface area contributed by atoms with Gasteiger partial charge in [0.25, 0.3) is 0 Å². The van der Waals surface area contributed by atoms with Crippen LogP contribution in [-0.2, 0) is 9.47 Å². The molecule has 0 aliphatic heterocycles. The molecular formula is C26H34ClN5O5. The van der Waals surface area contributed by atoms with Gasteiger partial charge in [-0.05, 0) is 31.3 Å². The lowest BCUT2D eigenvalue weighted by Gasteiger charge is -2.24. The van der Waals surface area contributed by atoms with Crippen LogP contribution in [0.4, 0.5) is 5.82 Å². The van der Waals surface area contributed by atoms with Crippen molar-refractivity contribution in [2.75, 3.05) is 72.7 Å². The van der Waals surface area contributed by atoms with Gasteiger partial charge in [-0.1, -0.05) is 11.6 Å². The number of rotatable bonds is 15. The summed E-state index contributed by atoms with van der Waals surface area (Å²) in [6.45, 7) is 2.80. The van der Waals surface area contributed by atoms with E-state index in [2.05, 4.69) is 15.2 Å². The maximum absolute atomic E-state index is 10.0. The fourth-order valence-corrected chi connectivity index (χ4v) is 3.78. The first-order valence-corrected chi connectivity index (χ1v) is 12.2. The van der Waals surface area contributed by atoms with E-state index >= 15 is 0 Å². The summed E-state index contributed by atoms with van der Waals surface area (Å²) in [7, 11) is 6.66. The molecule has 1 atom stereocenters. The molecule has 2 heterocycles. The molecule has 3 rings (SSSR count). The Kier molecular flexibility index (Phi) is 11.3. The Bertz CT molecular complexity index is 1130. The van der Waals surface area contributed by atoms with Crippen LogP contribution in [0.25, 0.3) is 22.6 Å². The van der Waals surface area contributed by atoms with Crippen molar-refractivity contribution in [3.05, 3.63) is 47.6 Å². The van der Waals surface area contributed by atoms with Gasteiger partial charge >= 0.3 is 0 Å². The monoisotopic (exact) mass is 531 g/mol. The first-order valence-electron chi connectivity index (χ1n) is 11.9. The molecule has 0 aliphatic carbocycles. The highest BCUT2D eigenvalue weighted by molar-refractivity contribution is 6.31. The molecule has 0 radical (unpaired) electrons. The third-order valence-electron chi connectivity index (χ3n) is 5.42. The number of hydrogen-bond donors (Lipinski definition) is 2. The number of anilines is 1. The second-order valence-corrected chi connectivity index (χ2v) is 8.63. The van der Waals surface area contributed by atoms with Gasteiger partial charge in [0, 0.05) is 68.3 Å². The van der Waals surface area contributed by atoms with Crippen molar-refractivity contribution in [3.8, 4) is 34.3 Å². The van der Waals surface area contributed by atoms with Crippen molar-refractivity contribution >= 4 is 17.4 Å². The minimum Gasteiger partial charge on any atom is -0.491 e. The summed E-state index contributed by atoms with van der Waals surface area (Å²) < 4.78 is 21.7. The minimum atomic E-state index is -0.657. The van der Waals surface area contributed by atoms with Crippen molar-refractivity contribution in [1.82, 2.24) is 20.3 Å². The highest BCUT2D eigenvalue weighted by Crippen LogP contribution is 2.31. The molecule has 2 N–H and O–H groups in total. The zero-order valence-electron chi connectivity index (χ0n) is 21.6. The lowest BCUT2D eigenvalue weighted by molar-refractivity contribution is 0.108. The lowest BCUT2D eigenvalue weighted by Crippen LogP contribution is -2.31. The molecule has 200 valence electrons. The number of ether oxygens (including phenoxy) is 4. The van der Waals surface area contributed by atoms with Gasteiger partial charge in [-0.2, -0.15) is 0 Å². The Balaban J connectivity index is 2.07. The fourth-order valence-electron chi connectivity index (χ4n) is 3.56. The molecule has 0 aliphatic rings. The summed E-state index contributed by atoms with van der Waals surface area (Å²) in [5.74, 6) is 2.16. The number of nitrogens with one attached hydrogen (secondary N) is 1. The summed E-state index contributed by atoms with van der Waals surface area (Å²) >= 11 is 6.43. The van der Waals surface area contributed by atoms with Crippen LogP contribution >= 0.6 is 11.6 Å². The number of hydrogen-bond acceptors (Lipinski definition) is 10. The Morgan fingerprint density at radius 3 is 2.43 bits per heavy atom. The number of halogens is 1. The number of likely N-dealkylation sites (N-methyl/N-ethyl adjacent to an activating group) is 1. The van der Waals surface area contributed by atoms with Crippen molar-refractivity contribution in [1.29, 1.82) is 0 Å². The van der Waals surface area contributed by atoms with Gasteiger partial charge < -0.3 is 34.3 Å². The molecule has 2 aromatic heterocycles. The fraction of sp³-hybridized carbons (Fsp3) is 0.423. The highest BCUT2D eigenvalue weighted by atomic mass is 35.5. The third kappa shape index (κ3) is 8.51. The van der Waals surface area contributed by atoms with Crippen molar-refractivity contribution in [2.45, 2.75) is 6.10 Å². The zero-order valence-corrected chi connectivity index (χ0v) is 22.4. The number of nitrogens with zero attached hydrogens (tertiary/aromatic N) is 4. The van der Waals surface area contributed by atoms with Gasteiger partial charge in [0.2, 0.25) is 5.88 Å². The Morgan fingerprint density at radius 2 is 1.76 bits per heavy atom. The molecule has 0 bridgehead atoms. The molecule has 0 saturated heterocycles. The van der Waals surface area contributed by atoms with Crippen LogP contribution in [0.1, 0.15) is 0 Å². The van der Waals surface area contributed by atoms with E-state index in [1.807, 2.05) is 24.3 Å². The standard InChI is InChI=1S/C26H34ClN5O5/c1-28-16-21(33)17-37-22-12-19(11-20(27)14-22)26-30-23(18-5-6-29-25(13-18)36-4)15-24(31-26)32(7-9-34-2)8-10-35-3/h5-6,11-15,21,28,33H,7-10,16-17H2,1-4H3. The number of aromatic nitrogens is 3. The SMILES string of the molecule is CNCC(O)COc1cc(Cl)cc(-c2nc(-c3ccnc(OC)c3)cc(N(CCOC)CCOC)n2)c1. The Hall–Kier alpha value is -3.02. The number of methoxy groups -OCH3 is 3. The smallest absolute Gasteiger partial charge is 0.213 e. The van der Waals surface area contributed by atoms with E-state index in [1.165, 1.54) is 0 Å². The molecule has 10 nitrogen and oxygen atoms in total. The second-order valence-electron chi connectivity index (χ2n) is 8.19. The van der Waals surface area contributed by atoms with Crippen LogP contribution in [0, 0.1) is 0 Å². The quantitative estimate of drug-likeness (QED) is 0.303. The van der Waals surface area contributed by atoms with Gasteiger partial charge in [-0.25, -0.2) is 15.0 Å². The molecule has 1 unspecified atom stereocenters. The molecule has 1 aromatic carbocycles. The molecule has 0 spiro atoms. The van der Waals surface area contributed by atoms with Crippen molar-refractivity contribution < 1.29 is 24.1 Å².